The van der Waals surface area contributed by atoms with Gasteiger partial charge in [0.05, 0.1) is 12.7 Å². The summed E-state index contributed by atoms with van der Waals surface area (Å²) in [5, 5.41) is 3.62. The molecule has 110 valence electrons. The molecule has 3 rings (SSSR count). The number of rotatable bonds is 8. The highest BCUT2D eigenvalue weighted by Crippen LogP contribution is 2.61. The molecule has 0 aromatic heterocycles. The van der Waals surface area contributed by atoms with Crippen LogP contribution in [0, 0.1) is 17.3 Å². The first-order valence-electron chi connectivity index (χ1n) is 8.13. The molecule has 0 amide bonds. The van der Waals surface area contributed by atoms with E-state index in [1.54, 1.807) is 7.11 Å². The largest absolute Gasteiger partial charge is 0.383 e. The number of fused-ring (bicyclic) bond motifs is 1. The minimum atomic E-state index is 0.563. The average Bonchev–Trinajstić information content (AvgIpc) is 2.85. The second-order valence-electron chi connectivity index (χ2n) is 7.01. The van der Waals surface area contributed by atoms with Crippen molar-refractivity contribution in [2.24, 2.45) is 17.3 Å². The minimum absolute atomic E-state index is 0.563. The molecule has 1 aliphatic heterocycles. The lowest BCUT2D eigenvalue weighted by Crippen LogP contribution is -2.35. The van der Waals surface area contributed by atoms with Gasteiger partial charge >= 0.3 is 0 Å². The third-order valence-corrected chi connectivity index (χ3v) is 5.46. The Labute approximate surface area is 117 Å². The average molecular weight is 267 g/mol. The maximum Gasteiger partial charge on any atom is 0.0587 e. The number of hydrogen-bond acceptors (Lipinski definition) is 3. The van der Waals surface area contributed by atoms with E-state index < -0.39 is 0 Å². The van der Waals surface area contributed by atoms with Gasteiger partial charge in [-0.3, -0.25) is 0 Å². The van der Waals surface area contributed by atoms with E-state index in [4.69, 9.17) is 9.47 Å². The van der Waals surface area contributed by atoms with E-state index in [0.717, 1.165) is 31.6 Å². The second-order valence-corrected chi connectivity index (χ2v) is 7.01. The van der Waals surface area contributed by atoms with Crippen LogP contribution in [0.1, 0.15) is 44.9 Å². The van der Waals surface area contributed by atoms with Gasteiger partial charge in [0.2, 0.25) is 0 Å². The molecule has 3 nitrogen and oxygen atoms in total. The van der Waals surface area contributed by atoms with E-state index in [-0.39, 0.29) is 0 Å². The summed E-state index contributed by atoms with van der Waals surface area (Å²) in [7, 11) is 1.78. The molecule has 2 aliphatic carbocycles. The van der Waals surface area contributed by atoms with Crippen molar-refractivity contribution < 1.29 is 9.47 Å². The zero-order valence-corrected chi connectivity index (χ0v) is 12.3. The highest BCUT2D eigenvalue weighted by Gasteiger charge is 2.53. The Kier molecular flexibility index (Phi) is 4.45. The zero-order valence-electron chi connectivity index (χ0n) is 12.3. The fourth-order valence-electron chi connectivity index (χ4n) is 4.31. The summed E-state index contributed by atoms with van der Waals surface area (Å²) in [6.45, 7) is 4.01. The maximum atomic E-state index is 5.80. The molecule has 3 unspecified atom stereocenters. The van der Waals surface area contributed by atoms with Crippen LogP contribution in [0.5, 0.6) is 0 Å². The van der Waals surface area contributed by atoms with Crippen LogP contribution in [-0.2, 0) is 9.47 Å². The van der Waals surface area contributed by atoms with Crippen molar-refractivity contribution in [2.45, 2.75) is 51.0 Å². The van der Waals surface area contributed by atoms with E-state index in [9.17, 15) is 0 Å². The molecule has 2 saturated carbocycles. The van der Waals surface area contributed by atoms with E-state index in [1.165, 1.54) is 51.5 Å². The van der Waals surface area contributed by atoms with Crippen molar-refractivity contribution in [3.63, 3.8) is 0 Å². The lowest BCUT2D eigenvalue weighted by Gasteiger charge is -2.32. The molecule has 1 saturated heterocycles. The van der Waals surface area contributed by atoms with Crippen LogP contribution in [0.3, 0.4) is 0 Å². The van der Waals surface area contributed by atoms with Crippen molar-refractivity contribution in [3.8, 4) is 0 Å². The molecule has 0 radical (unpaired) electrons. The van der Waals surface area contributed by atoms with E-state index in [2.05, 4.69) is 5.32 Å². The zero-order chi connectivity index (χ0) is 13.1. The molecule has 3 fully saturated rings. The number of hydrogen-bond donors (Lipinski definition) is 1. The number of methoxy groups -OCH3 is 1. The smallest absolute Gasteiger partial charge is 0.0587 e. The van der Waals surface area contributed by atoms with Gasteiger partial charge in [-0.1, -0.05) is 0 Å². The second kappa shape index (κ2) is 6.11. The van der Waals surface area contributed by atoms with Crippen molar-refractivity contribution in [1.82, 2.24) is 5.32 Å². The topological polar surface area (TPSA) is 30.5 Å². The van der Waals surface area contributed by atoms with E-state index in [0.29, 0.717) is 11.5 Å². The monoisotopic (exact) mass is 267 g/mol. The minimum Gasteiger partial charge on any atom is -0.383 e. The maximum absolute atomic E-state index is 5.80. The summed E-state index contributed by atoms with van der Waals surface area (Å²) in [4.78, 5) is 0. The number of nitrogens with one attached hydrogen (secondary N) is 1. The molecule has 3 atom stereocenters. The molecular weight excluding hydrogens is 238 g/mol. The molecule has 3 heteroatoms. The summed E-state index contributed by atoms with van der Waals surface area (Å²) in [5.74, 6) is 2.13. The van der Waals surface area contributed by atoms with Gasteiger partial charge in [0.1, 0.15) is 0 Å². The molecule has 0 aromatic carbocycles. The van der Waals surface area contributed by atoms with Gasteiger partial charge in [-0.2, -0.15) is 0 Å². The summed E-state index contributed by atoms with van der Waals surface area (Å²) >= 11 is 0. The van der Waals surface area contributed by atoms with Crippen LogP contribution in [0.15, 0.2) is 0 Å². The van der Waals surface area contributed by atoms with Crippen molar-refractivity contribution in [3.05, 3.63) is 0 Å². The van der Waals surface area contributed by atoms with Crippen LogP contribution in [0.25, 0.3) is 0 Å². The van der Waals surface area contributed by atoms with Gasteiger partial charge in [-0.15, -0.1) is 0 Å². The van der Waals surface area contributed by atoms with Gasteiger partial charge in [0.25, 0.3) is 0 Å². The predicted molar refractivity (Wildman–Crippen MR) is 76.2 cm³/mol. The van der Waals surface area contributed by atoms with Crippen molar-refractivity contribution in [2.75, 3.05) is 33.4 Å². The summed E-state index contributed by atoms with van der Waals surface area (Å²) in [6, 6.07) is 0. The van der Waals surface area contributed by atoms with Crippen LogP contribution in [0.4, 0.5) is 0 Å². The fraction of sp³-hybridized carbons (Fsp3) is 1.00. The van der Waals surface area contributed by atoms with Gasteiger partial charge in [-0.05, 0) is 62.2 Å². The summed E-state index contributed by atoms with van der Waals surface area (Å²) < 4.78 is 10.9. The normalized spacial score (nSPS) is 40.6. The Hall–Kier alpha value is -0.120. The highest BCUT2D eigenvalue weighted by molar-refractivity contribution is 5.04. The molecular formula is C16H29NO2. The first kappa shape index (κ1) is 13.8. The van der Waals surface area contributed by atoms with Crippen LogP contribution < -0.4 is 5.32 Å². The van der Waals surface area contributed by atoms with Gasteiger partial charge in [0, 0.05) is 26.8 Å². The molecule has 3 aliphatic rings. The molecule has 0 bridgehead atoms. The predicted octanol–water partition coefficient (Wildman–Crippen LogP) is 2.60. The third-order valence-electron chi connectivity index (χ3n) is 5.46. The molecule has 1 N–H and O–H groups in total. The van der Waals surface area contributed by atoms with Crippen LogP contribution >= 0.6 is 0 Å². The van der Waals surface area contributed by atoms with Gasteiger partial charge in [-0.25, -0.2) is 0 Å². The molecule has 1 heterocycles. The van der Waals surface area contributed by atoms with Gasteiger partial charge in [0.15, 0.2) is 0 Å². The van der Waals surface area contributed by atoms with E-state index in [1.807, 2.05) is 0 Å². The van der Waals surface area contributed by atoms with Crippen molar-refractivity contribution >= 4 is 0 Å². The van der Waals surface area contributed by atoms with Crippen LogP contribution in [-0.4, -0.2) is 39.5 Å². The number of ether oxygens (including phenoxy) is 2. The van der Waals surface area contributed by atoms with Gasteiger partial charge < -0.3 is 14.8 Å². The molecule has 0 aromatic rings. The van der Waals surface area contributed by atoms with E-state index >= 15 is 0 Å². The Balaban J connectivity index is 1.45. The Bertz CT molecular complexity index is 278. The molecule has 0 spiro atoms. The van der Waals surface area contributed by atoms with Crippen LogP contribution in [0.2, 0.25) is 0 Å². The lowest BCUT2D eigenvalue weighted by atomic mass is 9.77. The molecule has 19 heavy (non-hydrogen) atoms. The SMILES string of the molecule is COCCNCC1(CCC2CCCO2)CC2CC2C1. The Morgan fingerprint density at radius 1 is 1.32 bits per heavy atom. The fourth-order valence-corrected chi connectivity index (χ4v) is 4.31. The quantitative estimate of drug-likeness (QED) is 0.686. The first-order chi connectivity index (χ1) is 9.31. The summed E-state index contributed by atoms with van der Waals surface area (Å²) in [5.41, 5.74) is 0.577. The highest BCUT2D eigenvalue weighted by atomic mass is 16.5. The lowest BCUT2D eigenvalue weighted by molar-refractivity contribution is 0.0843. The third kappa shape index (κ3) is 3.50. The Morgan fingerprint density at radius 2 is 2.16 bits per heavy atom. The van der Waals surface area contributed by atoms with Crippen molar-refractivity contribution in [1.29, 1.82) is 0 Å². The first-order valence-corrected chi connectivity index (χ1v) is 8.13. The standard InChI is InChI=1S/C16H29NO2/c1-18-8-6-17-12-16(10-13-9-14(13)11-16)5-4-15-3-2-7-19-15/h13-15,17H,2-12H2,1H3. The Morgan fingerprint density at radius 3 is 2.84 bits per heavy atom. The summed E-state index contributed by atoms with van der Waals surface area (Å²) in [6.07, 6.45) is 10.2.